The van der Waals surface area contributed by atoms with Gasteiger partial charge in [-0.2, -0.15) is 0 Å². The van der Waals surface area contributed by atoms with Crippen LogP contribution in [0.4, 0.5) is 5.69 Å². The number of thiocarbonyl (C=S) groups is 1. The molecular formula is C16H8Cl3NO2S2. The number of aromatic hydroxyl groups is 1. The van der Waals surface area contributed by atoms with Gasteiger partial charge in [0.25, 0.3) is 5.91 Å². The highest BCUT2D eigenvalue weighted by molar-refractivity contribution is 8.27. The van der Waals surface area contributed by atoms with Crippen LogP contribution in [0.15, 0.2) is 41.3 Å². The first-order valence-electron chi connectivity index (χ1n) is 6.58. The van der Waals surface area contributed by atoms with E-state index in [4.69, 9.17) is 47.0 Å². The van der Waals surface area contributed by atoms with E-state index in [0.29, 0.717) is 25.5 Å². The van der Waals surface area contributed by atoms with Gasteiger partial charge in [0.05, 0.1) is 20.6 Å². The maximum Gasteiger partial charge on any atom is 0.270 e. The predicted molar refractivity (Wildman–Crippen MR) is 105 cm³/mol. The minimum absolute atomic E-state index is 0.113. The van der Waals surface area contributed by atoms with Crippen LogP contribution in [0.1, 0.15) is 5.56 Å². The number of nitrogens with zero attached hydrogens (tertiary/aromatic N) is 1. The lowest BCUT2D eigenvalue weighted by atomic mass is 10.2. The minimum atomic E-state index is -0.243. The summed E-state index contributed by atoms with van der Waals surface area (Å²) in [5, 5.41) is 10.4. The summed E-state index contributed by atoms with van der Waals surface area (Å²) in [6.45, 7) is 0. The fraction of sp³-hybridized carbons (Fsp3) is 0. The lowest BCUT2D eigenvalue weighted by molar-refractivity contribution is -0.113. The smallest absolute Gasteiger partial charge is 0.270 e. The first-order chi connectivity index (χ1) is 11.4. The van der Waals surface area contributed by atoms with Crippen molar-refractivity contribution in [3.63, 3.8) is 0 Å². The fourth-order valence-electron chi connectivity index (χ4n) is 2.10. The molecule has 122 valence electrons. The van der Waals surface area contributed by atoms with Crippen molar-refractivity contribution in [2.75, 3.05) is 4.90 Å². The standard InChI is InChI=1S/C16H8Cl3NO2S2/c17-9-1-3-10(4-2-9)20-15(22)13(24-16(20)23)7-8-5-11(18)14(21)12(19)6-8/h1-7,21H. The van der Waals surface area contributed by atoms with Gasteiger partial charge in [0.1, 0.15) is 0 Å². The highest BCUT2D eigenvalue weighted by Gasteiger charge is 2.33. The zero-order valence-corrected chi connectivity index (χ0v) is 15.7. The van der Waals surface area contributed by atoms with Crippen LogP contribution in [0.3, 0.4) is 0 Å². The highest BCUT2D eigenvalue weighted by atomic mass is 35.5. The van der Waals surface area contributed by atoms with Gasteiger partial charge in [-0.1, -0.05) is 58.8 Å². The Morgan fingerprint density at radius 2 is 1.67 bits per heavy atom. The van der Waals surface area contributed by atoms with Gasteiger partial charge >= 0.3 is 0 Å². The van der Waals surface area contributed by atoms with E-state index in [1.165, 1.54) is 28.8 Å². The SMILES string of the molecule is O=C1C(=Cc2cc(Cl)c(O)c(Cl)c2)SC(=S)N1c1ccc(Cl)cc1. The van der Waals surface area contributed by atoms with Crippen LogP contribution in [-0.2, 0) is 4.79 Å². The number of hydrogen-bond donors (Lipinski definition) is 1. The molecule has 0 aliphatic carbocycles. The number of thioether (sulfide) groups is 1. The first kappa shape index (κ1) is 17.6. The molecule has 3 nitrogen and oxygen atoms in total. The average molecular weight is 417 g/mol. The number of benzene rings is 2. The maximum atomic E-state index is 12.6. The lowest BCUT2D eigenvalue weighted by Crippen LogP contribution is -2.27. The molecule has 24 heavy (non-hydrogen) atoms. The largest absolute Gasteiger partial charge is 0.505 e. The number of rotatable bonds is 2. The number of phenols is 1. The topological polar surface area (TPSA) is 40.5 Å². The Labute approximate surface area is 162 Å². The van der Waals surface area contributed by atoms with Gasteiger partial charge in [0.15, 0.2) is 10.1 Å². The maximum absolute atomic E-state index is 12.6. The predicted octanol–water partition coefficient (Wildman–Crippen LogP) is 5.76. The van der Waals surface area contributed by atoms with Gasteiger partial charge in [0, 0.05) is 5.02 Å². The first-order valence-corrected chi connectivity index (χ1v) is 8.94. The van der Waals surface area contributed by atoms with Gasteiger partial charge in [-0.25, -0.2) is 0 Å². The van der Waals surface area contributed by atoms with Gasteiger partial charge in [-0.15, -0.1) is 0 Å². The van der Waals surface area contributed by atoms with E-state index in [9.17, 15) is 9.90 Å². The van der Waals surface area contributed by atoms with E-state index in [0.717, 1.165) is 0 Å². The number of amides is 1. The number of anilines is 1. The minimum Gasteiger partial charge on any atom is -0.505 e. The number of carbonyl (C=O) groups is 1. The Morgan fingerprint density at radius 1 is 1.08 bits per heavy atom. The van der Waals surface area contributed by atoms with Crippen molar-refractivity contribution in [2.45, 2.75) is 0 Å². The van der Waals surface area contributed by atoms with Crippen LogP contribution in [0.2, 0.25) is 15.1 Å². The van der Waals surface area contributed by atoms with Gasteiger partial charge < -0.3 is 5.11 Å². The molecule has 3 rings (SSSR count). The van der Waals surface area contributed by atoms with Crippen LogP contribution in [0.25, 0.3) is 6.08 Å². The summed E-state index contributed by atoms with van der Waals surface area (Å²) in [5.74, 6) is -0.433. The normalized spacial score (nSPS) is 16.3. The number of carbonyl (C=O) groups excluding carboxylic acids is 1. The molecule has 1 aliphatic heterocycles. The Morgan fingerprint density at radius 3 is 2.25 bits per heavy atom. The summed E-state index contributed by atoms with van der Waals surface area (Å²) >= 11 is 24.2. The van der Waals surface area contributed by atoms with Crippen LogP contribution < -0.4 is 4.90 Å². The molecule has 8 heteroatoms. The third-order valence-corrected chi connectivity index (χ3v) is 5.35. The lowest BCUT2D eigenvalue weighted by Gasteiger charge is -2.14. The van der Waals surface area contributed by atoms with Crippen molar-refractivity contribution in [1.82, 2.24) is 0 Å². The molecule has 1 N–H and O–H groups in total. The van der Waals surface area contributed by atoms with Crippen molar-refractivity contribution in [3.8, 4) is 5.75 Å². The molecule has 0 bridgehead atoms. The Hall–Kier alpha value is -1.24. The number of halogens is 3. The molecule has 1 amide bonds. The van der Waals surface area contributed by atoms with Crippen molar-refractivity contribution < 1.29 is 9.90 Å². The summed E-state index contributed by atoms with van der Waals surface area (Å²) in [6, 6.07) is 9.89. The van der Waals surface area contributed by atoms with Crippen LogP contribution >= 0.6 is 58.8 Å². The summed E-state index contributed by atoms with van der Waals surface area (Å²) in [7, 11) is 0. The van der Waals surface area contributed by atoms with E-state index in [2.05, 4.69) is 0 Å². The second-order valence-corrected chi connectivity index (χ2v) is 7.75. The zero-order valence-electron chi connectivity index (χ0n) is 11.8. The van der Waals surface area contributed by atoms with E-state index < -0.39 is 0 Å². The summed E-state index contributed by atoms with van der Waals surface area (Å²) in [6.07, 6.45) is 1.63. The molecule has 1 aliphatic rings. The van der Waals surface area contributed by atoms with E-state index in [1.807, 2.05) is 0 Å². The third kappa shape index (κ3) is 3.41. The molecule has 0 saturated carbocycles. The third-order valence-electron chi connectivity index (χ3n) is 3.22. The molecule has 0 unspecified atom stereocenters. The molecule has 0 spiro atoms. The second-order valence-electron chi connectivity index (χ2n) is 4.83. The van der Waals surface area contributed by atoms with Gasteiger partial charge in [0.2, 0.25) is 0 Å². The number of phenolic OH excluding ortho intramolecular Hbond substituents is 1. The molecule has 2 aromatic carbocycles. The van der Waals surface area contributed by atoms with Crippen molar-refractivity contribution >= 4 is 80.8 Å². The second kappa shape index (κ2) is 6.94. The molecule has 2 aromatic rings. The molecule has 0 aromatic heterocycles. The van der Waals surface area contributed by atoms with Crippen LogP contribution in [0.5, 0.6) is 5.75 Å². The summed E-state index contributed by atoms with van der Waals surface area (Å²) in [5.41, 5.74) is 1.24. The molecular weight excluding hydrogens is 409 g/mol. The molecule has 1 fully saturated rings. The van der Waals surface area contributed by atoms with E-state index >= 15 is 0 Å². The van der Waals surface area contributed by atoms with E-state index in [-0.39, 0.29) is 21.7 Å². The Bertz CT molecular complexity index is 858. The molecule has 0 radical (unpaired) electrons. The molecule has 1 heterocycles. The molecule has 0 atom stereocenters. The van der Waals surface area contributed by atoms with E-state index in [1.54, 1.807) is 30.3 Å². The quantitative estimate of drug-likeness (QED) is 0.499. The molecule has 1 saturated heterocycles. The van der Waals surface area contributed by atoms with Crippen LogP contribution in [-0.4, -0.2) is 15.3 Å². The van der Waals surface area contributed by atoms with Gasteiger partial charge in [-0.3, -0.25) is 9.69 Å². The monoisotopic (exact) mass is 415 g/mol. The van der Waals surface area contributed by atoms with Crippen molar-refractivity contribution in [3.05, 3.63) is 61.9 Å². The fourth-order valence-corrected chi connectivity index (χ4v) is 4.03. The van der Waals surface area contributed by atoms with Crippen molar-refractivity contribution in [2.24, 2.45) is 0 Å². The summed E-state index contributed by atoms with van der Waals surface area (Å²) in [4.78, 5) is 14.5. The average Bonchev–Trinajstić information content (AvgIpc) is 2.80. The van der Waals surface area contributed by atoms with Crippen molar-refractivity contribution in [1.29, 1.82) is 0 Å². The number of hydrogen-bond acceptors (Lipinski definition) is 4. The zero-order chi connectivity index (χ0) is 17.4. The highest BCUT2D eigenvalue weighted by Crippen LogP contribution is 2.38. The Balaban J connectivity index is 1.95. The van der Waals surface area contributed by atoms with Gasteiger partial charge in [-0.05, 0) is 48.0 Å². The Kier molecular flexibility index (Phi) is 5.08. The van der Waals surface area contributed by atoms with Crippen LogP contribution in [0, 0.1) is 0 Å². The summed E-state index contributed by atoms with van der Waals surface area (Å²) < 4.78 is 0.421.